The minimum Gasteiger partial charge on any atom is -0.384 e. The van der Waals surface area contributed by atoms with E-state index in [1.54, 1.807) is 0 Å². The lowest BCUT2D eigenvalue weighted by Crippen LogP contribution is -2.05. The Morgan fingerprint density at radius 3 is 2.71 bits per heavy atom. The second-order valence-electron chi connectivity index (χ2n) is 5.46. The van der Waals surface area contributed by atoms with Crippen LogP contribution in [0.15, 0.2) is 42.6 Å². The van der Waals surface area contributed by atoms with Crippen LogP contribution in [0, 0.1) is 0 Å². The van der Waals surface area contributed by atoms with Crippen LogP contribution in [-0.4, -0.2) is 15.0 Å². The molecule has 3 aromatic rings. The van der Waals surface area contributed by atoms with E-state index in [-0.39, 0.29) is 5.92 Å². The average molecular weight is 278 g/mol. The zero-order chi connectivity index (χ0) is 14.8. The molecule has 0 aliphatic carbocycles. The highest BCUT2D eigenvalue weighted by Gasteiger charge is 2.09. The van der Waals surface area contributed by atoms with E-state index in [1.165, 1.54) is 5.56 Å². The number of fused-ring (bicyclic) bond motifs is 1. The summed E-state index contributed by atoms with van der Waals surface area (Å²) in [7, 11) is 0. The Balaban J connectivity index is 2.03. The molecule has 4 heteroatoms. The summed E-state index contributed by atoms with van der Waals surface area (Å²) in [6, 6.07) is 12.0. The van der Waals surface area contributed by atoms with Crippen molar-refractivity contribution in [1.82, 2.24) is 15.0 Å². The molecule has 2 N–H and O–H groups in total. The van der Waals surface area contributed by atoms with Gasteiger partial charge in [-0.1, -0.05) is 32.0 Å². The first kappa shape index (κ1) is 13.5. The predicted octanol–water partition coefficient (Wildman–Crippen LogP) is 3.32. The van der Waals surface area contributed by atoms with E-state index >= 15 is 0 Å². The molecule has 0 radical (unpaired) electrons. The summed E-state index contributed by atoms with van der Waals surface area (Å²) in [6.45, 7) is 4.14. The normalized spacial score (nSPS) is 11.2. The van der Waals surface area contributed by atoms with Gasteiger partial charge < -0.3 is 5.73 Å². The topological polar surface area (TPSA) is 64.7 Å². The molecule has 0 aliphatic rings. The number of nitrogen functional groups attached to an aromatic ring is 1. The van der Waals surface area contributed by atoms with E-state index in [0.717, 1.165) is 28.8 Å². The summed E-state index contributed by atoms with van der Waals surface area (Å²) in [6.07, 6.45) is 2.57. The van der Waals surface area contributed by atoms with Crippen molar-refractivity contribution in [1.29, 1.82) is 0 Å². The fraction of sp³-hybridized carbons (Fsp3) is 0.235. The number of nitrogens with two attached hydrogens (primary N) is 1. The summed E-state index contributed by atoms with van der Waals surface area (Å²) in [5.41, 5.74) is 9.05. The van der Waals surface area contributed by atoms with Crippen molar-refractivity contribution in [2.75, 3.05) is 5.73 Å². The maximum absolute atomic E-state index is 5.90. The highest BCUT2D eigenvalue weighted by molar-refractivity contribution is 5.82. The number of para-hydroxylation sites is 1. The van der Waals surface area contributed by atoms with Crippen LogP contribution in [-0.2, 0) is 6.42 Å². The fourth-order valence-corrected chi connectivity index (χ4v) is 2.39. The lowest BCUT2D eigenvalue weighted by atomic mass is 10.0. The lowest BCUT2D eigenvalue weighted by molar-refractivity contribution is 0.764. The second kappa shape index (κ2) is 5.48. The third-order valence-corrected chi connectivity index (χ3v) is 3.44. The number of nitrogens with zero attached hydrogens (tertiary/aromatic N) is 3. The van der Waals surface area contributed by atoms with Crippen molar-refractivity contribution >= 4 is 16.7 Å². The van der Waals surface area contributed by atoms with Crippen LogP contribution >= 0.6 is 0 Å². The highest BCUT2D eigenvalue weighted by Crippen LogP contribution is 2.20. The Kier molecular flexibility index (Phi) is 3.52. The van der Waals surface area contributed by atoms with E-state index in [4.69, 9.17) is 5.73 Å². The Morgan fingerprint density at radius 1 is 1.10 bits per heavy atom. The summed E-state index contributed by atoms with van der Waals surface area (Å²) in [4.78, 5) is 13.3. The number of rotatable bonds is 3. The largest absolute Gasteiger partial charge is 0.384 e. The molecule has 0 atom stereocenters. The minimum absolute atomic E-state index is 0.265. The van der Waals surface area contributed by atoms with Crippen molar-refractivity contribution in [3.8, 4) is 0 Å². The first-order valence-electron chi connectivity index (χ1n) is 7.09. The van der Waals surface area contributed by atoms with Gasteiger partial charge in [-0.3, -0.25) is 4.98 Å². The molecular formula is C17H18N4. The second-order valence-corrected chi connectivity index (χ2v) is 5.46. The van der Waals surface area contributed by atoms with Crippen LogP contribution in [0.25, 0.3) is 10.9 Å². The van der Waals surface area contributed by atoms with Crippen LogP contribution < -0.4 is 5.73 Å². The van der Waals surface area contributed by atoms with Gasteiger partial charge in [-0.05, 0) is 17.7 Å². The summed E-state index contributed by atoms with van der Waals surface area (Å²) in [5, 5.41) is 1.16. The standard InChI is InChI=1S/C17H18N4/c1-11(2)17-20-13(10-16(18)21-17)9-12-7-8-19-15-6-4-3-5-14(12)15/h3-8,10-11H,9H2,1-2H3,(H2,18,20,21). The van der Waals surface area contributed by atoms with E-state index < -0.39 is 0 Å². The van der Waals surface area contributed by atoms with Crippen molar-refractivity contribution in [3.63, 3.8) is 0 Å². The zero-order valence-corrected chi connectivity index (χ0v) is 12.2. The summed E-state index contributed by atoms with van der Waals surface area (Å²) >= 11 is 0. The predicted molar refractivity (Wildman–Crippen MR) is 85.1 cm³/mol. The van der Waals surface area contributed by atoms with Gasteiger partial charge in [0.1, 0.15) is 11.6 Å². The molecule has 0 unspecified atom stereocenters. The number of aromatic nitrogens is 3. The number of anilines is 1. The first-order valence-corrected chi connectivity index (χ1v) is 7.09. The van der Waals surface area contributed by atoms with E-state index in [0.29, 0.717) is 5.82 Å². The Morgan fingerprint density at radius 2 is 1.90 bits per heavy atom. The molecular weight excluding hydrogens is 260 g/mol. The third-order valence-electron chi connectivity index (χ3n) is 3.44. The monoisotopic (exact) mass is 278 g/mol. The fourth-order valence-electron chi connectivity index (χ4n) is 2.39. The van der Waals surface area contributed by atoms with Gasteiger partial charge in [-0.2, -0.15) is 0 Å². The number of benzene rings is 1. The van der Waals surface area contributed by atoms with E-state index in [9.17, 15) is 0 Å². The van der Waals surface area contributed by atoms with Crippen LogP contribution in [0.4, 0.5) is 5.82 Å². The van der Waals surface area contributed by atoms with Crippen LogP contribution in [0.2, 0.25) is 0 Å². The Bertz CT molecular complexity index is 775. The van der Waals surface area contributed by atoms with Crippen LogP contribution in [0.5, 0.6) is 0 Å². The minimum atomic E-state index is 0.265. The molecule has 21 heavy (non-hydrogen) atoms. The molecule has 0 saturated carbocycles. The molecule has 0 amide bonds. The van der Waals surface area contributed by atoms with Crippen molar-refractivity contribution in [3.05, 3.63) is 59.7 Å². The lowest BCUT2D eigenvalue weighted by Gasteiger charge is -2.09. The van der Waals surface area contributed by atoms with Gasteiger partial charge in [0, 0.05) is 30.0 Å². The quantitative estimate of drug-likeness (QED) is 0.798. The molecule has 0 spiro atoms. The molecule has 3 rings (SSSR count). The summed E-state index contributed by atoms with van der Waals surface area (Å²) in [5.74, 6) is 1.59. The number of hydrogen-bond donors (Lipinski definition) is 1. The zero-order valence-electron chi connectivity index (χ0n) is 12.2. The van der Waals surface area contributed by atoms with E-state index in [1.807, 2.05) is 36.5 Å². The highest BCUT2D eigenvalue weighted by atomic mass is 14.9. The number of hydrogen-bond acceptors (Lipinski definition) is 4. The van der Waals surface area contributed by atoms with Gasteiger partial charge in [-0.15, -0.1) is 0 Å². The Hall–Kier alpha value is -2.49. The van der Waals surface area contributed by atoms with Gasteiger partial charge in [0.25, 0.3) is 0 Å². The first-order chi connectivity index (χ1) is 10.1. The molecule has 4 nitrogen and oxygen atoms in total. The van der Waals surface area contributed by atoms with Crippen LogP contribution in [0.1, 0.15) is 36.8 Å². The third kappa shape index (κ3) is 2.84. The van der Waals surface area contributed by atoms with Crippen LogP contribution in [0.3, 0.4) is 0 Å². The smallest absolute Gasteiger partial charge is 0.133 e. The maximum Gasteiger partial charge on any atom is 0.133 e. The molecule has 106 valence electrons. The van der Waals surface area contributed by atoms with Gasteiger partial charge in [0.05, 0.1) is 11.2 Å². The molecule has 1 aromatic carbocycles. The molecule has 0 fully saturated rings. The molecule has 2 heterocycles. The number of pyridine rings is 1. The van der Waals surface area contributed by atoms with Gasteiger partial charge in [0.15, 0.2) is 0 Å². The molecule has 0 bridgehead atoms. The van der Waals surface area contributed by atoms with Crippen molar-refractivity contribution in [2.45, 2.75) is 26.2 Å². The molecule has 0 saturated heterocycles. The van der Waals surface area contributed by atoms with Crippen molar-refractivity contribution in [2.24, 2.45) is 0 Å². The maximum atomic E-state index is 5.90. The molecule has 0 aliphatic heterocycles. The van der Waals surface area contributed by atoms with Crippen molar-refractivity contribution < 1.29 is 0 Å². The van der Waals surface area contributed by atoms with Gasteiger partial charge >= 0.3 is 0 Å². The van der Waals surface area contributed by atoms with E-state index in [2.05, 4.69) is 34.9 Å². The summed E-state index contributed by atoms with van der Waals surface area (Å²) < 4.78 is 0. The average Bonchev–Trinajstić information content (AvgIpc) is 2.47. The Labute approximate surface area is 124 Å². The van der Waals surface area contributed by atoms with Gasteiger partial charge in [-0.25, -0.2) is 9.97 Å². The SMILES string of the molecule is CC(C)c1nc(N)cc(Cc2ccnc3ccccc23)n1. The van der Waals surface area contributed by atoms with Gasteiger partial charge in [0.2, 0.25) is 0 Å². The molecule has 2 aromatic heterocycles.